The number of benzene rings is 2. The Morgan fingerprint density at radius 2 is 1.86 bits per heavy atom. The number of para-hydroxylation sites is 1. The first-order valence-electron chi connectivity index (χ1n) is 6.26. The summed E-state index contributed by atoms with van der Waals surface area (Å²) in [5.41, 5.74) is 1.89. The molecular formula is C15H14N2O4. The summed E-state index contributed by atoms with van der Waals surface area (Å²) in [7, 11) is 1.32. The maximum atomic E-state index is 11.3. The second-order valence-corrected chi connectivity index (χ2v) is 4.31. The lowest BCUT2D eigenvalue weighted by Gasteiger charge is -2.07. The van der Waals surface area contributed by atoms with Crippen molar-refractivity contribution in [3.63, 3.8) is 0 Å². The lowest BCUT2D eigenvalue weighted by atomic mass is 10.1. The number of carbonyl (C=O) groups is 1. The molecule has 0 atom stereocenters. The summed E-state index contributed by atoms with van der Waals surface area (Å²) in [6.45, 7) is 0.328. The standard InChI is InChI=1S/C15H14N2O4/c1-21-15(18)11-6-8-13(9-7-11)16-10-12-4-2-3-5-14(12)17(19)20/h2-9,16H,10H2,1H3. The van der Waals surface area contributed by atoms with E-state index in [9.17, 15) is 14.9 Å². The molecule has 0 amide bonds. The maximum absolute atomic E-state index is 11.3. The molecule has 2 rings (SSSR count). The van der Waals surface area contributed by atoms with Crippen LogP contribution in [-0.4, -0.2) is 18.0 Å². The van der Waals surface area contributed by atoms with Crippen LogP contribution in [0, 0.1) is 10.1 Å². The maximum Gasteiger partial charge on any atom is 0.337 e. The van der Waals surface area contributed by atoms with Gasteiger partial charge in [-0.1, -0.05) is 18.2 Å². The van der Waals surface area contributed by atoms with E-state index in [1.165, 1.54) is 13.2 Å². The van der Waals surface area contributed by atoms with Crippen LogP contribution in [0.4, 0.5) is 11.4 Å². The van der Waals surface area contributed by atoms with Crippen molar-refractivity contribution in [1.82, 2.24) is 0 Å². The van der Waals surface area contributed by atoms with Gasteiger partial charge in [-0.2, -0.15) is 0 Å². The van der Waals surface area contributed by atoms with Crippen LogP contribution in [0.5, 0.6) is 0 Å². The van der Waals surface area contributed by atoms with E-state index in [2.05, 4.69) is 10.1 Å². The predicted molar refractivity (Wildman–Crippen MR) is 78.2 cm³/mol. The van der Waals surface area contributed by atoms with Crippen LogP contribution >= 0.6 is 0 Å². The molecule has 0 heterocycles. The minimum absolute atomic E-state index is 0.0798. The van der Waals surface area contributed by atoms with Gasteiger partial charge in [-0.3, -0.25) is 10.1 Å². The van der Waals surface area contributed by atoms with Crippen molar-refractivity contribution in [3.8, 4) is 0 Å². The molecule has 0 unspecified atom stereocenters. The Labute approximate surface area is 121 Å². The number of anilines is 1. The molecule has 0 radical (unpaired) electrons. The molecule has 6 nitrogen and oxygen atoms in total. The zero-order chi connectivity index (χ0) is 15.2. The average Bonchev–Trinajstić information content (AvgIpc) is 2.52. The highest BCUT2D eigenvalue weighted by Gasteiger charge is 2.11. The van der Waals surface area contributed by atoms with E-state index in [1.807, 2.05) is 0 Å². The molecule has 1 N–H and O–H groups in total. The molecule has 0 aromatic heterocycles. The van der Waals surface area contributed by atoms with Gasteiger partial charge >= 0.3 is 5.97 Å². The number of methoxy groups -OCH3 is 1. The average molecular weight is 286 g/mol. The van der Waals surface area contributed by atoms with Gasteiger partial charge in [0.05, 0.1) is 17.6 Å². The Bertz CT molecular complexity index is 653. The normalized spacial score (nSPS) is 9.95. The molecule has 0 aliphatic carbocycles. The molecule has 0 aliphatic rings. The molecule has 21 heavy (non-hydrogen) atoms. The first-order chi connectivity index (χ1) is 10.1. The first kappa shape index (κ1) is 14.5. The van der Waals surface area contributed by atoms with Crippen LogP contribution in [0.15, 0.2) is 48.5 Å². The monoisotopic (exact) mass is 286 g/mol. The zero-order valence-electron chi connectivity index (χ0n) is 11.4. The molecule has 6 heteroatoms. The fourth-order valence-electron chi connectivity index (χ4n) is 1.88. The molecule has 2 aromatic carbocycles. The van der Waals surface area contributed by atoms with Crippen molar-refractivity contribution in [2.45, 2.75) is 6.54 Å². The molecule has 108 valence electrons. The molecule has 0 spiro atoms. The third-order valence-corrected chi connectivity index (χ3v) is 2.98. The van der Waals surface area contributed by atoms with Crippen molar-refractivity contribution in [2.75, 3.05) is 12.4 Å². The highest BCUT2D eigenvalue weighted by Crippen LogP contribution is 2.19. The summed E-state index contributed by atoms with van der Waals surface area (Å²) < 4.78 is 4.61. The SMILES string of the molecule is COC(=O)c1ccc(NCc2ccccc2[N+](=O)[O-])cc1. The minimum atomic E-state index is -0.405. The number of ether oxygens (including phenoxy) is 1. The van der Waals surface area contributed by atoms with Gasteiger partial charge in [-0.15, -0.1) is 0 Å². The Hall–Kier alpha value is -2.89. The molecule has 2 aromatic rings. The minimum Gasteiger partial charge on any atom is -0.465 e. The number of hydrogen-bond donors (Lipinski definition) is 1. The van der Waals surface area contributed by atoms with E-state index >= 15 is 0 Å². The van der Waals surface area contributed by atoms with Gasteiger partial charge in [0.25, 0.3) is 5.69 Å². The Morgan fingerprint density at radius 1 is 1.19 bits per heavy atom. The Kier molecular flexibility index (Phi) is 4.50. The van der Waals surface area contributed by atoms with E-state index in [-0.39, 0.29) is 5.69 Å². The van der Waals surface area contributed by atoms with Crippen LogP contribution in [0.1, 0.15) is 15.9 Å². The highest BCUT2D eigenvalue weighted by molar-refractivity contribution is 5.89. The van der Waals surface area contributed by atoms with E-state index in [0.717, 1.165) is 5.69 Å². The molecule has 0 saturated heterocycles. The van der Waals surface area contributed by atoms with Gasteiger partial charge in [-0.25, -0.2) is 4.79 Å². The summed E-state index contributed by atoms with van der Waals surface area (Å²) >= 11 is 0. The third-order valence-electron chi connectivity index (χ3n) is 2.98. The van der Waals surface area contributed by atoms with Crippen molar-refractivity contribution >= 4 is 17.3 Å². The van der Waals surface area contributed by atoms with Gasteiger partial charge in [0, 0.05) is 23.9 Å². The smallest absolute Gasteiger partial charge is 0.337 e. The fourth-order valence-corrected chi connectivity index (χ4v) is 1.88. The van der Waals surface area contributed by atoms with Gasteiger partial charge < -0.3 is 10.1 Å². The number of rotatable bonds is 5. The van der Waals surface area contributed by atoms with Crippen LogP contribution < -0.4 is 5.32 Å². The number of nitrogens with zero attached hydrogens (tertiary/aromatic N) is 1. The van der Waals surface area contributed by atoms with Crippen LogP contribution in [0.2, 0.25) is 0 Å². The number of hydrogen-bond acceptors (Lipinski definition) is 5. The zero-order valence-corrected chi connectivity index (χ0v) is 11.4. The molecule has 0 bridgehead atoms. The van der Waals surface area contributed by atoms with Crippen LogP contribution in [0.3, 0.4) is 0 Å². The number of nitro benzene ring substituents is 1. The fraction of sp³-hybridized carbons (Fsp3) is 0.133. The Morgan fingerprint density at radius 3 is 2.48 bits per heavy atom. The summed E-state index contributed by atoms with van der Waals surface area (Å²) in [5.74, 6) is -0.403. The van der Waals surface area contributed by atoms with Crippen LogP contribution in [0.25, 0.3) is 0 Å². The van der Waals surface area contributed by atoms with Gasteiger partial charge in [0.2, 0.25) is 0 Å². The quantitative estimate of drug-likeness (QED) is 0.519. The lowest BCUT2D eigenvalue weighted by molar-refractivity contribution is -0.385. The van der Waals surface area contributed by atoms with Crippen molar-refractivity contribution in [1.29, 1.82) is 0 Å². The number of carbonyl (C=O) groups excluding carboxylic acids is 1. The van der Waals surface area contributed by atoms with Gasteiger partial charge in [0.1, 0.15) is 0 Å². The summed E-state index contributed by atoms with van der Waals surface area (Å²) in [5, 5.41) is 14.0. The molecule has 0 aliphatic heterocycles. The predicted octanol–water partition coefficient (Wildman–Crippen LogP) is 2.99. The molecular weight excluding hydrogens is 272 g/mol. The second kappa shape index (κ2) is 6.51. The summed E-state index contributed by atoms with van der Waals surface area (Å²) in [6, 6.07) is 13.3. The van der Waals surface area contributed by atoms with Crippen LogP contribution in [-0.2, 0) is 11.3 Å². The van der Waals surface area contributed by atoms with E-state index < -0.39 is 10.9 Å². The topological polar surface area (TPSA) is 81.5 Å². The molecule has 0 fully saturated rings. The summed E-state index contributed by atoms with van der Waals surface area (Å²) in [4.78, 5) is 21.8. The number of nitrogens with one attached hydrogen (secondary N) is 1. The van der Waals surface area contributed by atoms with Crippen molar-refractivity contribution in [3.05, 3.63) is 69.8 Å². The Balaban J connectivity index is 2.07. The van der Waals surface area contributed by atoms with Crippen molar-refractivity contribution < 1.29 is 14.5 Å². The summed E-state index contributed by atoms with van der Waals surface area (Å²) in [6.07, 6.45) is 0. The van der Waals surface area contributed by atoms with Gasteiger partial charge in [-0.05, 0) is 24.3 Å². The number of esters is 1. The highest BCUT2D eigenvalue weighted by atomic mass is 16.6. The van der Waals surface area contributed by atoms with Gasteiger partial charge in [0.15, 0.2) is 0 Å². The van der Waals surface area contributed by atoms with E-state index in [1.54, 1.807) is 42.5 Å². The first-order valence-corrected chi connectivity index (χ1v) is 6.26. The van der Waals surface area contributed by atoms with E-state index in [0.29, 0.717) is 17.7 Å². The van der Waals surface area contributed by atoms with E-state index in [4.69, 9.17) is 0 Å². The lowest BCUT2D eigenvalue weighted by Crippen LogP contribution is -2.04. The third kappa shape index (κ3) is 3.56. The largest absolute Gasteiger partial charge is 0.465 e. The molecule has 0 saturated carbocycles. The second-order valence-electron chi connectivity index (χ2n) is 4.31. The van der Waals surface area contributed by atoms with Crippen molar-refractivity contribution in [2.24, 2.45) is 0 Å². The number of nitro groups is 1.